The Labute approximate surface area is 97.6 Å². The van der Waals surface area contributed by atoms with Crippen molar-refractivity contribution in [3.8, 4) is 0 Å². The zero-order chi connectivity index (χ0) is 12.7. The summed E-state index contributed by atoms with van der Waals surface area (Å²) in [5, 5.41) is 8.65. The molecule has 4 nitrogen and oxygen atoms in total. The Kier molecular flexibility index (Phi) is 6.77. The van der Waals surface area contributed by atoms with Crippen molar-refractivity contribution in [3.05, 3.63) is 0 Å². The maximum Gasteiger partial charge on any atom is 0.312 e. The van der Waals surface area contributed by atoms with Gasteiger partial charge < -0.3 is 10.0 Å². The van der Waals surface area contributed by atoms with Gasteiger partial charge in [0.25, 0.3) is 0 Å². The third-order valence-electron chi connectivity index (χ3n) is 2.57. The molecule has 0 rings (SSSR count). The minimum absolute atomic E-state index is 0.161. The van der Waals surface area contributed by atoms with E-state index in [9.17, 15) is 9.59 Å². The van der Waals surface area contributed by atoms with Crippen LogP contribution in [0.5, 0.6) is 0 Å². The maximum atomic E-state index is 11.8. The van der Waals surface area contributed by atoms with Crippen molar-refractivity contribution < 1.29 is 14.7 Å². The third-order valence-corrected chi connectivity index (χ3v) is 2.57. The average molecular weight is 229 g/mol. The Hall–Kier alpha value is -1.06. The van der Waals surface area contributed by atoms with Gasteiger partial charge in [-0.05, 0) is 18.8 Å². The van der Waals surface area contributed by atoms with Gasteiger partial charge in [-0.15, -0.1) is 0 Å². The second-order valence-corrected chi connectivity index (χ2v) is 4.48. The molecular weight excluding hydrogens is 206 g/mol. The molecule has 0 aromatic carbocycles. The van der Waals surface area contributed by atoms with Crippen LogP contribution >= 0.6 is 0 Å². The Morgan fingerprint density at radius 2 is 1.69 bits per heavy atom. The van der Waals surface area contributed by atoms with E-state index < -0.39 is 12.4 Å². The minimum atomic E-state index is -1.05. The predicted octanol–water partition coefficient (Wildman–Crippen LogP) is 2.13. The number of rotatable bonds is 7. The molecule has 0 aliphatic heterocycles. The number of hydrogen-bond acceptors (Lipinski definition) is 2. The van der Waals surface area contributed by atoms with Crippen LogP contribution in [0.4, 0.5) is 0 Å². The molecule has 0 unspecified atom stereocenters. The first-order valence-corrected chi connectivity index (χ1v) is 5.93. The van der Waals surface area contributed by atoms with Crippen LogP contribution < -0.4 is 0 Å². The lowest BCUT2D eigenvalue weighted by Gasteiger charge is -2.31. The highest BCUT2D eigenvalue weighted by molar-refractivity contribution is 5.93. The van der Waals surface area contributed by atoms with E-state index in [0.717, 1.165) is 12.8 Å². The number of nitrogens with zero attached hydrogens (tertiary/aromatic N) is 1. The van der Waals surface area contributed by atoms with Crippen LogP contribution in [-0.2, 0) is 9.59 Å². The van der Waals surface area contributed by atoms with Crippen LogP contribution in [-0.4, -0.2) is 34.5 Å². The van der Waals surface area contributed by atoms with Crippen molar-refractivity contribution in [2.24, 2.45) is 5.92 Å². The van der Waals surface area contributed by atoms with E-state index >= 15 is 0 Å². The lowest BCUT2D eigenvalue weighted by molar-refractivity contribution is -0.145. The molecule has 0 saturated heterocycles. The van der Waals surface area contributed by atoms with Crippen LogP contribution in [0.3, 0.4) is 0 Å². The molecule has 0 aliphatic rings. The van der Waals surface area contributed by atoms with Gasteiger partial charge in [-0.1, -0.05) is 27.7 Å². The Morgan fingerprint density at radius 3 is 2.00 bits per heavy atom. The molecule has 0 fully saturated rings. The van der Waals surface area contributed by atoms with Crippen molar-refractivity contribution >= 4 is 11.9 Å². The Balaban J connectivity index is 4.63. The van der Waals surface area contributed by atoms with E-state index in [2.05, 4.69) is 0 Å². The van der Waals surface area contributed by atoms with Crippen LogP contribution in [0.1, 0.15) is 47.0 Å². The van der Waals surface area contributed by atoms with Crippen LogP contribution in [0.15, 0.2) is 0 Å². The number of hydrogen-bond donors (Lipinski definition) is 1. The van der Waals surface area contributed by atoms with E-state index in [1.165, 1.54) is 0 Å². The van der Waals surface area contributed by atoms with Gasteiger partial charge in [-0.3, -0.25) is 9.59 Å². The van der Waals surface area contributed by atoms with E-state index in [4.69, 9.17) is 5.11 Å². The second-order valence-electron chi connectivity index (χ2n) is 4.48. The fourth-order valence-electron chi connectivity index (χ4n) is 1.81. The number of carboxylic acid groups (broad SMARTS) is 1. The van der Waals surface area contributed by atoms with Gasteiger partial charge in [0, 0.05) is 12.6 Å². The monoisotopic (exact) mass is 229 g/mol. The fraction of sp³-hybridized carbons (Fsp3) is 0.833. The maximum absolute atomic E-state index is 11.8. The summed E-state index contributed by atoms with van der Waals surface area (Å²) in [6.45, 7) is 8.75. The summed E-state index contributed by atoms with van der Waals surface area (Å²) >= 11 is 0. The van der Waals surface area contributed by atoms with Gasteiger partial charge in [0.15, 0.2) is 0 Å². The average Bonchev–Trinajstić information content (AvgIpc) is 2.16. The van der Waals surface area contributed by atoms with Crippen molar-refractivity contribution in [1.82, 2.24) is 4.90 Å². The molecule has 0 atom stereocenters. The summed E-state index contributed by atoms with van der Waals surface area (Å²) in [6.07, 6.45) is 1.34. The van der Waals surface area contributed by atoms with Gasteiger partial charge in [-0.2, -0.15) is 0 Å². The normalized spacial score (nSPS) is 10.9. The first-order chi connectivity index (χ1) is 7.42. The molecular formula is C12H23NO3. The quantitative estimate of drug-likeness (QED) is 0.680. The zero-order valence-electron chi connectivity index (χ0n) is 10.7. The molecule has 94 valence electrons. The summed E-state index contributed by atoms with van der Waals surface area (Å²) < 4.78 is 0. The number of aliphatic carboxylic acids is 1. The van der Waals surface area contributed by atoms with Crippen LogP contribution in [0, 0.1) is 5.92 Å². The summed E-state index contributed by atoms with van der Waals surface area (Å²) in [5.74, 6) is -0.960. The van der Waals surface area contributed by atoms with Crippen LogP contribution in [0.25, 0.3) is 0 Å². The number of amides is 1. The first-order valence-electron chi connectivity index (χ1n) is 5.93. The molecule has 0 aliphatic carbocycles. The van der Waals surface area contributed by atoms with E-state index in [1.807, 2.05) is 27.7 Å². The molecule has 1 N–H and O–H groups in total. The molecule has 0 heterocycles. The Bertz CT molecular complexity index is 234. The van der Waals surface area contributed by atoms with E-state index in [-0.39, 0.29) is 11.9 Å². The van der Waals surface area contributed by atoms with Gasteiger partial charge in [0.1, 0.15) is 6.42 Å². The molecule has 4 heteroatoms. The SMILES string of the molecule is CCC(CC)N(CC(C)C)C(=O)CC(=O)O. The molecule has 0 aromatic rings. The van der Waals surface area contributed by atoms with Gasteiger partial charge >= 0.3 is 5.97 Å². The van der Waals surface area contributed by atoms with Crippen LogP contribution in [0.2, 0.25) is 0 Å². The lowest BCUT2D eigenvalue weighted by atomic mass is 10.1. The highest BCUT2D eigenvalue weighted by atomic mass is 16.4. The first kappa shape index (κ1) is 14.9. The summed E-state index contributed by atoms with van der Waals surface area (Å²) in [5.41, 5.74) is 0. The summed E-state index contributed by atoms with van der Waals surface area (Å²) in [6, 6.07) is 0.161. The van der Waals surface area contributed by atoms with Crippen molar-refractivity contribution in [3.63, 3.8) is 0 Å². The highest BCUT2D eigenvalue weighted by Gasteiger charge is 2.23. The number of carboxylic acids is 1. The van der Waals surface area contributed by atoms with E-state index in [0.29, 0.717) is 12.5 Å². The summed E-state index contributed by atoms with van der Waals surface area (Å²) in [4.78, 5) is 24.1. The standard InChI is InChI=1S/C12H23NO3/c1-5-10(6-2)13(8-9(3)4)11(14)7-12(15)16/h9-10H,5-8H2,1-4H3,(H,15,16). The molecule has 1 amide bonds. The van der Waals surface area contributed by atoms with E-state index in [1.54, 1.807) is 4.90 Å². The zero-order valence-corrected chi connectivity index (χ0v) is 10.7. The lowest BCUT2D eigenvalue weighted by Crippen LogP contribution is -2.42. The number of carbonyl (C=O) groups is 2. The summed E-state index contributed by atoms with van der Waals surface area (Å²) in [7, 11) is 0. The highest BCUT2D eigenvalue weighted by Crippen LogP contribution is 2.13. The van der Waals surface area contributed by atoms with Crippen molar-refractivity contribution in [2.75, 3.05) is 6.54 Å². The topological polar surface area (TPSA) is 57.6 Å². The second kappa shape index (κ2) is 7.25. The van der Waals surface area contributed by atoms with Crippen molar-refractivity contribution in [2.45, 2.75) is 53.0 Å². The minimum Gasteiger partial charge on any atom is -0.481 e. The predicted molar refractivity (Wildman–Crippen MR) is 63.2 cm³/mol. The number of carbonyl (C=O) groups excluding carboxylic acids is 1. The van der Waals surface area contributed by atoms with Crippen molar-refractivity contribution in [1.29, 1.82) is 0 Å². The molecule has 0 saturated carbocycles. The van der Waals surface area contributed by atoms with Gasteiger partial charge in [-0.25, -0.2) is 0 Å². The molecule has 0 bridgehead atoms. The molecule has 16 heavy (non-hydrogen) atoms. The van der Waals surface area contributed by atoms with Gasteiger partial charge in [0.05, 0.1) is 0 Å². The fourth-order valence-corrected chi connectivity index (χ4v) is 1.81. The Morgan fingerprint density at radius 1 is 1.19 bits per heavy atom. The molecule has 0 aromatic heterocycles. The third kappa shape index (κ3) is 5.14. The largest absolute Gasteiger partial charge is 0.481 e. The molecule has 0 spiro atoms. The smallest absolute Gasteiger partial charge is 0.312 e. The van der Waals surface area contributed by atoms with Gasteiger partial charge in [0.2, 0.25) is 5.91 Å². The molecule has 0 radical (unpaired) electrons.